The van der Waals surface area contributed by atoms with Crippen LogP contribution in [-0.4, -0.2) is 52.9 Å². The molecule has 3 heterocycles. The van der Waals surface area contributed by atoms with Crippen molar-refractivity contribution in [3.05, 3.63) is 24.0 Å². The number of primary amides is 1. The van der Waals surface area contributed by atoms with E-state index in [9.17, 15) is 18.4 Å². The number of nitrogens with one attached hydrogen (secondary N) is 3. The van der Waals surface area contributed by atoms with E-state index in [4.69, 9.17) is 5.73 Å². The molecule has 1 fully saturated rings. The van der Waals surface area contributed by atoms with Crippen LogP contribution in [0.2, 0.25) is 0 Å². The van der Waals surface area contributed by atoms with Gasteiger partial charge in [0.25, 0.3) is 12.3 Å². The van der Waals surface area contributed by atoms with Gasteiger partial charge in [-0.25, -0.2) is 18.8 Å². The fourth-order valence-corrected chi connectivity index (χ4v) is 3.09. The Morgan fingerprint density at radius 2 is 2.27 bits per heavy atom. The molecule has 1 aliphatic heterocycles. The van der Waals surface area contributed by atoms with Gasteiger partial charge in [0.15, 0.2) is 0 Å². The second kappa shape index (κ2) is 7.65. The number of H-pyrrole nitrogens is 1. The first-order valence-corrected chi connectivity index (χ1v) is 8.29. The Labute approximate surface area is 148 Å². The quantitative estimate of drug-likeness (QED) is 0.611. The molecule has 1 atom stereocenters. The van der Waals surface area contributed by atoms with Crippen LogP contribution in [0.5, 0.6) is 0 Å². The third-order valence-corrected chi connectivity index (χ3v) is 4.34. The molecule has 2 amide bonds. The van der Waals surface area contributed by atoms with Gasteiger partial charge in [0.1, 0.15) is 5.65 Å². The van der Waals surface area contributed by atoms with Gasteiger partial charge in [-0.1, -0.05) is 0 Å². The molecule has 0 radical (unpaired) electrons. The number of nitrogens with zero attached hydrogens (tertiary/aromatic N) is 2. The van der Waals surface area contributed by atoms with Crippen LogP contribution in [0, 0.1) is 5.92 Å². The summed E-state index contributed by atoms with van der Waals surface area (Å²) in [5, 5.41) is 4.75. The predicted octanol–water partition coefficient (Wildman–Crippen LogP) is 1.08. The Morgan fingerprint density at radius 1 is 1.46 bits per heavy atom. The Balaban J connectivity index is 1.75. The largest absolute Gasteiger partial charge is 0.365 e. The summed E-state index contributed by atoms with van der Waals surface area (Å²) in [7, 11) is 0. The molecule has 8 nitrogen and oxygen atoms in total. The van der Waals surface area contributed by atoms with Crippen molar-refractivity contribution in [2.45, 2.75) is 19.3 Å². The summed E-state index contributed by atoms with van der Waals surface area (Å²) in [5.41, 5.74) is 9.94. The number of carbonyl (C=O) groups is 2. The first-order valence-electron chi connectivity index (χ1n) is 8.29. The number of hydrogen-bond acceptors (Lipinski definition) is 5. The number of carbonyl (C=O) groups excluding carboxylic acids is 2. The average Bonchev–Trinajstić information content (AvgIpc) is 3.09. The van der Waals surface area contributed by atoms with E-state index in [2.05, 4.69) is 20.7 Å². The number of hydrazine groups is 1. The minimum atomic E-state index is -2.58. The van der Waals surface area contributed by atoms with Gasteiger partial charge < -0.3 is 21.5 Å². The number of halogens is 2. The molecule has 2 aromatic rings. The van der Waals surface area contributed by atoms with Gasteiger partial charge in [-0.05, 0) is 18.9 Å². The Kier molecular flexibility index (Phi) is 5.31. The molecular weight excluding hydrogens is 346 g/mol. The minimum Gasteiger partial charge on any atom is -0.365 e. The van der Waals surface area contributed by atoms with Crippen molar-refractivity contribution in [1.82, 2.24) is 20.3 Å². The highest BCUT2D eigenvalue weighted by molar-refractivity contribution is 6.05. The molecule has 0 aromatic carbocycles. The second-order valence-corrected chi connectivity index (χ2v) is 6.18. The number of anilines is 1. The summed E-state index contributed by atoms with van der Waals surface area (Å²) < 4.78 is 24.5. The summed E-state index contributed by atoms with van der Waals surface area (Å²) in [5.74, 6) is -1.42. The molecule has 0 aliphatic carbocycles. The van der Waals surface area contributed by atoms with E-state index in [1.54, 1.807) is 17.3 Å². The van der Waals surface area contributed by atoms with Crippen molar-refractivity contribution in [3.63, 3.8) is 0 Å². The third-order valence-electron chi connectivity index (χ3n) is 4.34. The number of amides is 2. The molecule has 0 bridgehead atoms. The molecule has 3 rings (SSSR count). The standard InChI is InChI=1S/C16H20F2N6O2/c17-12(18)7-22-16(26)9-2-1-5-24(8-9)23-13-10-3-4-20-15(10)21-6-11(13)14(19)25/h3-4,6,9,12H,1-2,5,7-8H2,(H2,19,25)(H,22,26)(H2,20,21,23). The van der Waals surface area contributed by atoms with E-state index in [0.29, 0.717) is 42.7 Å². The summed E-state index contributed by atoms with van der Waals surface area (Å²) in [6, 6.07) is 1.77. The predicted molar refractivity (Wildman–Crippen MR) is 91.5 cm³/mol. The lowest BCUT2D eigenvalue weighted by Crippen LogP contribution is -2.46. The van der Waals surface area contributed by atoms with Gasteiger partial charge in [0.05, 0.1) is 23.7 Å². The number of aromatic amines is 1. The van der Waals surface area contributed by atoms with Crippen molar-refractivity contribution >= 4 is 28.5 Å². The summed E-state index contributed by atoms with van der Waals surface area (Å²) in [6.07, 6.45) is 1.84. The fourth-order valence-electron chi connectivity index (χ4n) is 3.09. The maximum absolute atomic E-state index is 12.3. The molecule has 140 valence electrons. The molecule has 0 saturated carbocycles. The molecule has 1 unspecified atom stereocenters. The molecule has 0 spiro atoms. The SMILES string of the molecule is NC(=O)c1cnc2[nH]ccc2c1NN1CCCC(C(=O)NCC(F)F)C1. The lowest BCUT2D eigenvalue weighted by Gasteiger charge is -2.33. The number of alkyl halides is 2. The molecule has 1 aliphatic rings. The number of rotatable bonds is 6. The highest BCUT2D eigenvalue weighted by atomic mass is 19.3. The number of aromatic nitrogens is 2. The van der Waals surface area contributed by atoms with Crippen LogP contribution in [-0.2, 0) is 4.79 Å². The second-order valence-electron chi connectivity index (χ2n) is 6.18. The molecule has 26 heavy (non-hydrogen) atoms. The van der Waals surface area contributed by atoms with Crippen LogP contribution < -0.4 is 16.5 Å². The number of fused-ring (bicyclic) bond motifs is 1. The van der Waals surface area contributed by atoms with Crippen LogP contribution >= 0.6 is 0 Å². The van der Waals surface area contributed by atoms with Crippen molar-refractivity contribution in [3.8, 4) is 0 Å². The number of pyridine rings is 1. The van der Waals surface area contributed by atoms with Gasteiger partial charge in [0.2, 0.25) is 5.91 Å². The van der Waals surface area contributed by atoms with Crippen molar-refractivity contribution in [1.29, 1.82) is 0 Å². The number of piperidine rings is 1. The molecule has 5 N–H and O–H groups in total. The van der Waals surface area contributed by atoms with E-state index < -0.39 is 30.7 Å². The maximum Gasteiger partial charge on any atom is 0.255 e. The average molecular weight is 366 g/mol. The van der Waals surface area contributed by atoms with Crippen LogP contribution in [0.4, 0.5) is 14.5 Å². The van der Waals surface area contributed by atoms with E-state index in [1.807, 2.05) is 0 Å². The monoisotopic (exact) mass is 366 g/mol. The molecule has 1 saturated heterocycles. The fraction of sp³-hybridized carbons (Fsp3) is 0.438. The van der Waals surface area contributed by atoms with Gasteiger partial charge in [-0.15, -0.1) is 0 Å². The molecule has 2 aromatic heterocycles. The minimum absolute atomic E-state index is 0.237. The zero-order valence-corrected chi connectivity index (χ0v) is 14.0. The zero-order valence-electron chi connectivity index (χ0n) is 14.0. The van der Waals surface area contributed by atoms with Crippen LogP contribution in [0.1, 0.15) is 23.2 Å². The maximum atomic E-state index is 12.3. The van der Waals surface area contributed by atoms with Crippen molar-refractivity contribution in [2.24, 2.45) is 11.7 Å². The zero-order chi connectivity index (χ0) is 18.7. The lowest BCUT2D eigenvalue weighted by atomic mass is 9.98. The van der Waals surface area contributed by atoms with E-state index >= 15 is 0 Å². The summed E-state index contributed by atoms with van der Waals surface area (Å²) in [6.45, 7) is 0.329. The van der Waals surface area contributed by atoms with Gasteiger partial charge in [-0.2, -0.15) is 0 Å². The first-order chi connectivity index (χ1) is 12.5. The molecular formula is C16H20F2N6O2. The van der Waals surface area contributed by atoms with Crippen molar-refractivity contribution in [2.75, 3.05) is 25.1 Å². The number of hydrogen-bond donors (Lipinski definition) is 4. The lowest BCUT2D eigenvalue weighted by molar-refractivity contribution is -0.127. The smallest absolute Gasteiger partial charge is 0.255 e. The Hall–Kier alpha value is -2.75. The summed E-state index contributed by atoms with van der Waals surface area (Å²) >= 11 is 0. The number of nitrogens with two attached hydrogens (primary N) is 1. The Bertz CT molecular complexity index is 809. The van der Waals surface area contributed by atoms with Crippen molar-refractivity contribution < 1.29 is 18.4 Å². The Morgan fingerprint density at radius 3 is 3.00 bits per heavy atom. The highest BCUT2D eigenvalue weighted by Crippen LogP contribution is 2.27. The van der Waals surface area contributed by atoms with Gasteiger partial charge >= 0.3 is 0 Å². The van der Waals surface area contributed by atoms with E-state index in [1.165, 1.54) is 6.20 Å². The summed E-state index contributed by atoms with van der Waals surface area (Å²) in [4.78, 5) is 30.9. The molecule has 10 heteroatoms. The first kappa shape index (κ1) is 18.1. The van der Waals surface area contributed by atoms with Gasteiger partial charge in [0, 0.05) is 30.9 Å². The normalized spacial score (nSPS) is 18.2. The van der Waals surface area contributed by atoms with Crippen LogP contribution in [0.3, 0.4) is 0 Å². The van der Waals surface area contributed by atoms with E-state index in [0.717, 1.165) is 0 Å². The van der Waals surface area contributed by atoms with Crippen LogP contribution in [0.25, 0.3) is 11.0 Å². The van der Waals surface area contributed by atoms with Gasteiger partial charge in [-0.3, -0.25) is 9.59 Å². The van der Waals surface area contributed by atoms with Crippen LogP contribution in [0.15, 0.2) is 18.5 Å². The highest BCUT2D eigenvalue weighted by Gasteiger charge is 2.27. The van der Waals surface area contributed by atoms with E-state index in [-0.39, 0.29) is 5.56 Å². The topological polar surface area (TPSA) is 116 Å². The third kappa shape index (κ3) is 3.90.